The number of hydrogen-bond donors (Lipinski definition) is 2. The molecule has 1 heterocycles. The van der Waals surface area contributed by atoms with Gasteiger partial charge in [-0.15, -0.1) is 0 Å². The van der Waals surface area contributed by atoms with Gasteiger partial charge in [0.2, 0.25) is 5.91 Å². The zero-order valence-corrected chi connectivity index (χ0v) is 10.2. The van der Waals surface area contributed by atoms with E-state index >= 15 is 0 Å². The largest absolute Gasteiger partial charge is 0.466 e. The summed E-state index contributed by atoms with van der Waals surface area (Å²) in [5.41, 5.74) is 6.24. The van der Waals surface area contributed by atoms with Gasteiger partial charge >= 0.3 is 0 Å². The second kappa shape index (κ2) is 5.70. The molecule has 0 aromatic carbocycles. The second-order valence-electron chi connectivity index (χ2n) is 4.11. The molecule has 0 aliphatic heterocycles. The summed E-state index contributed by atoms with van der Waals surface area (Å²) in [7, 11) is 0. The van der Waals surface area contributed by atoms with E-state index in [0.717, 1.165) is 24.5 Å². The van der Waals surface area contributed by atoms with Gasteiger partial charge in [0.15, 0.2) is 0 Å². The van der Waals surface area contributed by atoms with Crippen LogP contribution in [0.5, 0.6) is 0 Å². The molecular formula is C12H20N2O2. The summed E-state index contributed by atoms with van der Waals surface area (Å²) in [5.74, 6) is 1.63. The molecule has 1 unspecified atom stereocenters. The van der Waals surface area contributed by atoms with Crippen LogP contribution in [0, 0.1) is 13.8 Å². The lowest BCUT2D eigenvalue weighted by molar-refractivity contribution is -0.118. The summed E-state index contributed by atoms with van der Waals surface area (Å²) in [6, 6.07) is 2.28. The number of aryl methyl sites for hydroxylation is 2. The zero-order valence-electron chi connectivity index (χ0n) is 10.2. The van der Waals surface area contributed by atoms with E-state index in [2.05, 4.69) is 12.2 Å². The number of primary amides is 1. The van der Waals surface area contributed by atoms with E-state index in [4.69, 9.17) is 10.2 Å². The maximum atomic E-state index is 10.6. The number of carbonyl (C=O) groups excluding carboxylic acids is 1. The van der Waals surface area contributed by atoms with Crippen LogP contribution in [0.25, 0.3) is 0 Å². The van der Waals surface area contributed by atoms with Crippen molar-refractivity contribution in [1.29, 1.82) is 0 Å². The lowest BCUT2D eigenvalue weighted by atomic mass is 10.1. The molecule has 0 aliphatic carbocycles. The Morgan fingerprint density at radius 2 is 2.25 bits per heavy atom. The number of carbonyl (C=O) groups is 1. The summed E-state index contributed by atoms with van der Waals surface area (Å²) in [4.78, 5) is 10.6. The van der Waals surface area contributed by atoms with Crippen LogP contribution in [0.3, 0.4) is 0 Å². The summed E-state index contributed by atoms with van der Waals surface area (Å²) < 4.78 is 5.47. The molecule has 1 atom stereocenters. The maximum Gasteiger partial charge on any atom is 0.217 e. The van der Waals surface area contributed by atoms with Gasteiger partial charge < -0.3 is 15.5 Å². The van der Waals surface area contributed by atoms with E-state index in [0.29, 0.717) is 6.42 Å². The summed E-state index contributed by atoms with van der Waals surface area (Å²) in [6.07, 6.45) is 1.21. The van der Waals surface area contributed by atoms with Crippen molar-refractivity contribution >= 4 is 5.91 Å². The van der Waals surface area contributed by atoms with Gasteiger partial charge in [0.1, 0.15) is 11.5 Å². The van der Waals surface area contributed by atoms with E-state index in [-0.39, 0.29) is 11.9 Å². The van der Waals surface area contributed by atoms with Crippen molar-refractivity contribution in [1.82, 2.24) is 5.32 Å². The molecule has 0 fully saturated rings. The number of rotatable bonds is 6. The summed E-state index contributed by atoms with van der Waals surface area (Å²) in [6.45, 7) is 6.77. The molecule has 4 nitrogen and oxygen atoms in total. The normalized spacial score (nSPS) is 12.7. The minimum atomic E-state index is -0.246. The first-order chi connectivity index (χ1) is 7.50. The van der Waals surface area contributed by atoms with Gasteiger partial charge in [-0.05, 0) is 39.8 Å². The van der Waals surface area contributed by atoms with Crippen LogP contribution >= 0.6 is 0 Å². The Bertz CT molecular complexity index is 358. The Morgan fingerprint density at radius 3 is 2.75 bits per heavy atom. The molecule has 0 radical (unpaired) electrons. The highest BCUT2D eigenvalue weighted by atomic mass is 16.3. The highest BCUT2D eigenvalue weighted by molar-refractivity contribution is 5.73. The fourth-order valence-corrected chi connectivity index (χ4v) is 1.77. The van der Waals surface area contributed by atoms with Crippen molar-refractivity contribution in [3.05, 3.63) is 23.2 Å². The average molecular weight is 224 g/mol. The predicted octanol–water partition coefficient (Wildman–Crippen LogP) is 1.81. The lowest BCUT2D eigenvalue weighted by Crippen LogP contribution is -2.21. The number of nitrogens with two attached hydrogens (primary N) is 1. The molecule has 90 valence electrons. The Hall–Kier alpha value is -1.29. The number of furan rings is 1. The standard InChI is InChI=1S/C12H20N2O2/c1-8-7-11(10(3)16-8)9(2)14-6-4-5-12(13)15/h7,9,14H,4-6H2,1-3H3,(H2,13,15). The van der Waals surface area contributed by atoms with Gasteiger partial charge in [-0.3, -0.25) is 4.79 Å². The number of hydrogen-bond acceptors (Lipinski definition) is 3. The molecule has 1 amide bonds. The van der Waals surface area contributed by atoms with Crippen LogP contribution in [0.15, 0.2) is 10.5 Å². The van der Waals surface area contributed by atoms with Crippen LogP contribution in [0.1, 0.15) is 42.9 Å². The van der Waals surface area contributed by atoms with E-state index in [1.54, 1.807) is 0 Å². The highest BCUT2D eigenvalue weighted by Crippen LogP contribution is 2.20. The van der Waals surface area contributed by atoms with Gasteiger partial charge in [0, 0.05) is 18.0 Å². The van der Waals surface area contributed by atoms with E-state index in [1.165, 1.54) is 5.56 Å². The lowest BCUT2D eigenvalue weighted by Gasteiger charge is -2.12. The first kappa shape index (κ1) is 12.8. The Kier molecular flexibility index (Phi) is 4.55. The molecule has 0 saturated carbocycles. The second-order valence-corrected chi connectivity index (χ2v) is 4.11. The molecule has 1 aromatic rings. The Balaban J connectivity index is 2.38. The first-order valence-electron chi connectivity index (χ1n) is 5.59. The average Bonchev–Trinajstić information content (AvgIpc) is 2.52. The topological polar surface area (TPSA) is 68.3 Å². The quantitative estimate of drug-likeness (QED) is 0.724. The monoisotopic (exact) mass is 224 g/mol. The Labute approximate surface area is 96.2 Å². The van der Waals surface area contributed by atoms with Crippen molar-refractivity contribution in [3.8, 4) is 0 Å². The van der Waals surface area contributed by atoms with Crippen LogP contribution in [-0.4, -0.2) is 12.5 Å². The third-order valence-electron chi connectivity index (χ3n) is 2.60. The first-order valence-corrected chi connectivity index (χ1v) is 5.59. The molecule has 16 heavy (non-hydrogen) atoms. The maximum absolute atomic E-state index is 10.6. The Morgan fingerprint density at radius 1 is 1.56 bits per heavy atom. The van der Waals surface area contributed by atoms with Gasteiger partial charge in [-0.1, -0.05) is 0 Å². The fraction of sp³-hybridized carbons (Fsp3) is 0.583. The molecule has 0 spiro atoms. The summed E-state index contributed by atoms with van der Waals surface area (Å²) in [5, 5.41) is 3.34. The summed E-state index contributed by atoms with van der Waals surface area (Å²) >= 11 is 0. The van der Waals surface area contributed by atoms with Crippen LogP contribution in [0.4, 0.5) is 0 Å². The molecule has 0 saturated heterocycles. The molecular weight excluding hydrogens is 204 g/mol. The molecule has 1 rings (SSSR count). The fourth-order valence-electron chi connectivity index (χ4n) is 1.77. The van der Waals surface area contributed by atoms with Crippen molar-refractivity contribution in [2.45, 2.75) is 39.7 Å². The highest BCUT2D eigenvalue weighted by Gasteiger charge is 2.11. The van der Waals surface area contributed by atoms with Gasteiger partial charge in [-0.25, -0.2) is 0 Å². The molecule has 0 bridgehead atoms. The minimum absolute atomic E-state index is 0.241. The van der Waals surface area contributed by atoms with Gasteiger partial charge in [0.25, 0.3) is 0 Å². The van der Waals surface area contributed by atoms with Gasteiger partial charge in [-0.2, -0.15) is 0 Å². The third-order valence-corrected chi connectivity index (χ3v) is 2.60. The van der Waals surface area contributed by atoms with Crippen LogP contribution in [0.2, 0.25) is 0 Å². The third kappa shape index (κ3) is 3.70. The van der Waals surface area contributed by atoms with Crippen molar-refractivity contribution in [2.24, 2.45) is 5.73 Å². The zero-order chi connectivity index (χ0) is 12.1. The molecule has 0 aliphatic rings. The van der Waals surface area contributed by atoms with Gasteiger partial charge in [0.05, 0.1) is 0 Å². The van der Waals surface area contributed by atoms with E-state index in [9.17, 15) is 4.79 Å². The minimum Gasteiger partial charge on any atom is -0.466 e. The molecule has 3 N–H and O–H groups in total. The SMILES string of the molecule is Cc1cc(C(C)NCCCC(N)=O)c(C)o1. The van der Waals surface area contributed by atoms with Crippen LogP contribution in [-0.2, 0) is 4.79 Å². The molecule has 1 aromatic heterocycles. The smallest absolute Gasteiger partial charge is 0.217 e. The van der Waals surface area contributed by atoms with E-state index in [1.807, 2.05) is 19.9 Å². The van der Waals surface area contributed by atoms with E-state index < -0.39 is 0 Å². The van der Waals surface area contributed by atoms with Crippen molar-refractivity contribution < 1.29 is 9.21 Å². The number of amides is 1. The van der Waals surface area contributed by atoms with Crippen molar-refractivity contribution in [3.63, 3.8) is 0 Å². The van der Waals surface area contributed by atoms with Crippen molar-refractivity contribution in [2.75, 3.05) is 6.54 Å². The number of nitrogens with one attached hydrogen (secondary N) is 1. The van der Waals surface area contributed by atoms with Crippen LogP contribution < -0.4 is 11.1 Å². The predicted molar refractivity (Wildman–Crippen MR) is 63.0 cm³/mol. The molecule has 4 heteroatoms.